The lowest BCUT2D eigenvalue weighted by Gasteiger charge is -2.31. The molecule has 0 bridgehead atoms. The normalized spacial score (nSPS) is 18.4. The van der Waals surface area contributed by atoms with E-state index in [4.69, 9.17) is 5.73 Å². The third-order valence-corrected chi connectivity index (χ3v) is 3.77. The summed E-state index contributed by atoms with van der Waals surface area (Å²) in [6.45, 7) is 5.05. The number of hydrogen-bond acceptors (Lipinski definition) is 2. The van der Waals surface area contributed by atoms with Gasteiger partial charge < -0.3 is 10.6 Å². The van der Waals surface area contributed by atoms with Gasteiger partial charge in [0.2, 0.25) is 0 Å². The fourth-order valence-electron chi connectivity index (χ4n) is 2.38. The van der Waals surface area contributed by atoms with Gasteiger partial charge in [0.1, 0.15) is 0 Å². The highest BCUT2D eigenvalue weighted by atomic mass is 79.9. The maximum atomic E-state index is 12.4. The van der Waals surface area contributed by atoms with Crippen molar-refractivity contribution in [1.29, 1.82) is 0 Å². The van der Waals surface area contributed by atoms with Gasteiger partial charge in [-0.15, -0.1) is 0 Å². The van der Waals surface area contributed by atoms with Crippen LogP contribution in [0.3, 0.4) is 0 Å². The molecule has 1 fully saturated rings. The Morgan fingerprint density at radius 2 is 2.12 bits per heavy atom. The molecule has 0 atom stereocenters. The highest BCUT2D eigenvalue weighted by Crippen LogP contribution is 2.30. The molecule has 1 saturated heterocycles. The minimum atomic E-state index is -0.0475. The molecular weight excluding hydrogens is 280 g/mol. The van der Waals surface area contributed by atoms with Gasteiger partial charge in [0.15, 0.2) is 0 Å². The van der Waals surface area contributed by atoms with E-state index in [2.05, 4.69) is 29.8 Å². The van der Waals surface area contributed by atoms with Crippen molar-refractivity contribution in [2.45, 2.75) is 32.2 Å². The summed E-state index contributed by atoms with van der Waals surface area (Å²) in [5.74, 6) is 0.0699. The molecule has 92 valence electrons. The molecular formula is C13H17BrN2O. The van der Waals surface area contributed by atoms with E-state index in [9.17, 15) is 4.79 Å². The van der Waals surface area contributed by atoms with E-state index in [0.29, 0.717) is 11.3 Å². The van der Waals surface area contributed by atoms with Crippen molar-refractivity contribution in [2.24, 2.45) is 0 Å². The fraction of sp³-hybridized carbons (Fsp3) is 0.462. The zero-order valence-electron chi connectivity index (χ0n) is 10.2. The molecule has 1 aliphatic heterocycles. The van der Waals surface area contributed by atoms with Crippen molar-refractivity contribution >= 4 is 27.5 Å². The second-order valence-corrected chi connectivity index (χ2v) is 6.06. The van der Waals surface area contributed by atoms with Crippen molar-refractivity contribution in [1.82, 2.24) is 4.90 Å². The van der Waals surface area contributed by atoms with Crippen LogP contribution in [0.1, 0.15) is 37.0 Å². The number of carbonyl (C=O) groups excluding carboxylic acids is 1. The molecule has 1 aromatic rings. The smallest absolute Gasteiger partial charge is 0.254 e. The van der Waals surface area contributed by atoms with Crippen LogP contribution in [0.2, 0.25) is 0 Å². The maximum Gasteiger partial charge on any atom is 0.254 e. The van der Waals surface area contributed by atoms with Crippen molar-refractivity contribution < 1.29 is 4.79 Å². The summed E-state index contributed by atoms with van der Waals surface area (Å²) < 4.78 is 0.845. The molecule has 0 saturated carbocycles. The predicted octanol–water partition coefficient (Wildman–Crippen LogP) is 3.05. The first-order chi connectivity index (χ1) is 7.90. The lowest BCUT2D eigenvalue weighted by Crippen LogP contribution is -2.42. The summed E-state index contributed by atoms with van der Waals surface area (Å²) in [5.41, 5.74) is 6.99. The number of carbonyl (C=O) groups is 1. The number of hydrogen-bond donors (Lipinski definition) is 1. The van der Waals surface area contributed by atoms with Gasteiger partial charge in [-0.25, -0.2) is 0 Å². The molecule has 2 rings (SSSR count). The van der Waals surface area contributed by atoms with Crippen LogP contribution in [0, 0.1) is 0 Å². The highest BCUT2D eigenvalue weighted by molar-refractivity contribution is 9.10. The summed E-state index contributed by atoms with van der Waals surface area (Å²) >= 11 is 3.37. The SMILES string of the molecule is CC1(C)CCCN1C(=O)c1cc(N)cc(Br)c1. The van der Waals surface area contributed by atoms with Gasteiger partial charge in [-0.05, 0) is 44.9 Å². The van der Waals surface area contributed by atoms with E-state index in [-0.39, 0.29) is 11.4 Å². The van der Waals surface area contributed by atoms with Crippen molar-refractivity contribution in [2.75, 3.05) is 12.3 Å². The number of halogens is 1. The fourth-order valence-corrected chi connectivity index (χ4v) is 2.89. The molecule has 1 aromatic carbocycles. The van der Waals surface area contributed by atoms with Crippen LogP contribution < -0.4 is 5.73 Å². The van der Waals surface area contributed by atoms with Crippen LogP contribution in [-0.4, -0.2) is 22.9 Å². The topological polar surface area (TPSA) is 46.3 Å². The second-order valence-electron chi connectivity index (χ2n) is 5.15. The molecule has 0 aliphatic carbocycles. The Morgan fingerprint density at radius 1 is 1.41 bits per heavy atom. The molecule has 0 aromatic heterocycles. The first-order valence-corrected chi connectivity index (χ1v) is 6.57. The first-order valence-electron chi connectivity index (χ1n) is 5.78. The lowest BCUT2D eigenvalue weighted by molar-refractivity contribution is 0.0652. The molecule has 3 nitrogen and oxygen atoms in total. The van der Waals surface area contributed by atoms with Gasteiger partial charge in [0.05, 0.1) is 0 Å². The third kappa shape index (κ3) is 2.46. The highest BCUT2D eigenvalue weighted by Gasteiger charge is 2.35. The number of rotatable bonds is 1. The number of amides is 1. The predicted molar refractivity (Wildman–Crippen MR) is 72.9 cm³/mol. The van der Waals surface area contributed by atoms with Crippen LogP contribution in [0.5, 0.6) is 0 Å². The van der Waals surface area contributed by atoms with Crippen LogP contribution in [0.25, 0.3) is 0 Å². The number of nitrogen functional groups attached to an aromatic ring is 1. The zero-order valence-corrected chi connectivity index (χ0v) is 11.8. The van der Waals surface area contributed by atoms with E-state index in [1.165, 1.54) is 0 Å². The van der Waals surface area contributed by atoms with Gasteiger partial charge in [-0.1, -0.05) is 15.9 Å². The molecule has 1 heterocycles. The van der Waals surface area contributed by atoms with Crippen LogP contribution in [0.4, 0.5) is 5.69 Å². The van der Waals surface area contributed by atoms with Gasteiger partial charge in [0, 0.05) is 27.8 Å². The van der Waals surface area contributed by atoms with E-state index in [1.807, 2.05) is 11.0 Å². The molecule has 0 unspecified atom stereocenters. The van der Waals surface area contributed by atoms with Crippen molar-refractivity contribution in [3.05, 3.63) is 28.2 Å². The lowest BCUT2D eigenvalue weighted by atomic mass is 10.0. The minimum Gasteiger partial charge on any atom is -0.399 e. The number of nitrogens with two attached hydrogens (primary N) is 1. The molecule has 1 aliphatic rings. The van der Waals surface area contributed by atoms with Crippen molar-refractivity contribution in [3.63, 3.8) is 0 Å². The van der Waals surface area contributed by atoms with Gasteiger partial charge in [-0.2, -0.15) is 0 Å². The summed E-state index contributed by atoms with van der Waals surface area (Å²) in [6, 6.07) is 5.36. The average molecular weight is 297 g/mol. The number of anilines is 1. The quantitative estimate of drug-likeness (QED) is 0.810. The Bertz CT molecular complexity index is 436. The Hall–Kier alpha value is -1.03. The van der Waals surface area contributed by atoms with Crippen molar-refractivity contribution in [3.8, 4) is 0 Å². The van der Waals surface area contributed by atoms with E-state index >= 15 is 0 Å². The van der Waals surface area contributed by atoms with Gasteiger partial charge in [0.25, 0.3) is 5.91 Å². The minimum absolute atomic E-state index is 0.0475. The number of nitrogens with zero attached hydrogens (tertiary/aromatic N) is 1. The molecule has 17 heavy (non-hydrogen) atoms. The summed E-state index contributed by atoms with van der Waals surface area (Å²) in [4.78, 5) is 14.4. The average Bonchev–Trinajstić information content (AvgIpc) is 2.55. The standard InChI is InChI=1S/C13H17BrN2O/c1-13(2)4-3-5-16(13)12(17)9-6-10(14)8-11(15)7-9/h6-8H,3-5,15H2,1-2H3. The van der Waals surface area contributed by atoms with Gasteiger partial charge >= 0.3 is 0 Å². The van der Waals surface area contributed by atoms with Crippen LogP contribution in [-0.2, 0) is 0 Å². The van der Waals surface area contributed by atoms with E-state index in [0.717, 1.165) is 23.9 Å². The summed E-state index contributed by atoms with van der Waals surface area (Å²) in [7, 11) is 0. The Labute approximate surface area is 110 Å². The van der Waals surface area contributed by atoms with E-state index < -0.39 is 0 Å². The molecule has 0 spiro atoms. The van der Waals surface area contributed by atoms with E-state index in [1.54, 1.807) is 12.1 Å². The number of benzene rings is 1. The van der Waals surface area contributed by atoms with Crippen LogP contribution >= 0.6 is 15.9 Å². The molecule has 2 N–H and O–H groups in total. The second kappa shape index (κ2) is 4.33. The molecule has 1 amide bonds. The summed E-state index contributed by atoms with van der Waals surface area (Å²) in [6.07, 6.45) is 2.13. The molecule has 0 radical (unpaired) electrons. The Kier molecular flexibility index (Phi) is 3.17. The zero-order chi connectivity index (χ0) is 12.6. The van der Waals surface area contributed by atoms with Crippen LogP contribution in [0.15, 0.2) is 22.7 Å². The Morgan fingerprint density at radius 3 is 2.65 bits per heavy atom. The summed E-state index contributed by atoms with van der Waals surface area (Å²) in [5, 5.41) is 0. The Balaban J connectivity index is 2.31. The monoisotopic (exact) mass is 296 g/mol. The third-order valence-electron chi connectivity index (χ3n) is 3.31. The number of likely N-dealkylation sites (tertiary alicyclic amines) is 1. The van der Waals surface area contributed by atoms with Gasteiger partial charge in [-0.3, -0.25) is 4.79 Å². The molecule has 4 heteroatoms. The largest absolute Gasteiger partial charge is 0.399 e. The maximum absolute atomic E-state index is 12.4. The first kappa shape index (κ1) is 12.4.